The van der Waals surface area contributed by atoms with Crippen molar-refractivity contribution in [3.63, 3.8) is 0 Å². The van der Waals surface area contributed by atoms with Crippen molar-refractivity contribution in [3.05, 3.63) is 29.6 Å². The van der Waals surface area contributed by atoms with E-state index >= 15 is 0 Å². The van der Waals surface area contributed by atoms with Crippen LogP contribution in [-0.4, -0.2) is 13.3 Å². The fourth-order valence-electron chi connectivity index (χ4n) is 1.51. The number of hydrogen-bond donors (Lipinski definition) is 1. The third-order valence-corrected chi connectivity index (χ3v) is 2.34. The molecule has 0 aromatic heterocycles. The third kappa shape index (κ3) is 4.70. The molecule has 2 nitrogen and oxygen atoms in total. The minimum absolute atomic E-state index is 0. The Morgan fingerprint density at radius 3 is 2.44 bits per heavy atom. The van der Waals surface area contributed by atoms with E-state index in [4.69, 9.17) is 10.5 Å². The largest absolute Gasteiger partial charge is 0.493 e. The fraction of sp³-hybridized carbons (Fsp3) is 0.455. The topological polar surface area (TPSA) is 35.2 Å². The number of halogens is 5. The molecule has 0 aliphatic heterocycles. The molecule has 0 heterocycles. The molecule has 0 bridgehead atoms. The van der Waals surface area contributed by atoms with Crippen molar-refractivity contribution < 1.29 is 22.3 Å². The van der Waals surface area contributed by atoms with Crippen molar-refractivity contribution in [3.8, 4) is 5.75 Å². The molecule has 0 saturated heterocycles. The zero-order valence-corrected chi connectivity index (χ0v) is 10.4. The van der Waals surface area contributed by atoms with Crippen LogP contribution in [-0.2, 0) is 0 Å². The Balaban J connectivity index is 0.00000289. The second-order valence-corrected chi connectivity index (χ2v) is 3.62. The van der Waals surface area contributed by atoms with Crippen molar-refractivity contribution in [2.45, 2.75) is 25.1 Å². The van der Waals surface area contributed by atoms with Gasteiger partial charge in [-0.05, 0) is 12.5 Å². The summed E-state index contributed by atoms with van der Waals surface area (Å²) in [6.45, 7) is 0. The van der Waals surface area contributed by atoms with Crippen LogP contribution in [0.5, 0.6) is 5.75 Å². The van der Waals surface area contributed by atoms with E-state index < -0.39 is 24.5 Å². The van der Waals surface area contributed by atoms with Crippen molar-refractivity contribution >= 4 is 12.4 Å². The van der Waals surface area contributed by atoms with Crippen molar-refractivity contribution in [1.82, 2.24) is 0 Å². The lowest BCUT2D eigenvalue weighted by Gasteiger charge is -2.16. The molecule has 104 valence electrons. The second-order valence-electron chi connectivity index (χ2n) is 3.62. The molecule has 7 heteroatoms. The summed E-state index contributed by atoms with van der Waals surface area (Å²) in [5.74, 6) is -0.727. The highest BCUT2D eigenvalue weighted by Gasteiger charge is 2.28. The minimum Gasteiger partial charge on any atom is -0.493 e. The normalized spacial score (nSPS) is 12.8. The van der Waals surface area contributed by atoms with E-state index in [1.54, 1.807) is 0 Å². The minimum atomic E-state index is -4.27. The van der Waals surface area contributed by atoms with Gasteiger partial charge in [-0.2, -0.15) is 13.2 Å². The van der Waals surface area contributed by atoms with Crippen LogP contribution in [0.2, 0.25) is 0 Å². The molecule has 0 fully saturated rings. The van der Waals surface area contributed by atoms with Crippen molar-refractivity contribution in [1.29, 1.82) is 0 Å². The number of ether oxygens (including phenoxy) is 1. The van der Waals surface area contributed by atoms with Gasteiger partial charge in [-0.3, -0.25) is 0 Å². The van der Waals surface area contributed by atoms with E-state index in [0.29, 0.717) is 0 Å². The molecule has 0 unspecified atom stereocenters. The maximum absolute atomic E-state index is 13.3. The van der Waals surface area contributed by atoms with Gasteiger partial charge in [-0.1, -0.05) is 12.1 Å². The zero-order valence-electron chi connectivity index (χ0n) is 9.63. The predicted octanol–water partition coefficient (Wildman–Crippen LogP) is 3.60. The van der Waals surface area contributed by atoms with Gasteiger partial charge >= 0.3 is 6.18 Å². The molecular weight excluding hydrogens is 274 g/mol. The van der Waals surface area contributed by atoms with Crippen LogP contribution in [0.25, 0.3) is 0 Å². The predicted molar refractivity (Wildman–Crippen MR) is 62.4 cm³/mol. The van der Waals surface area contributed by atoms with Gasteiger partial charge in [0.1, 0.15) is 0 Å². The monoisotopic (exact) mass is 287 g/mol. The smallest absolute Gasteiger partial charge is 0.389 e. The average Bonchev–Trinajstić information content (AvgIpc) is 2.24. The lowest BCUT2D eigenvalue weighted by atomic mass is 10.0. The highest BCUT2D eigenvalue weighted by molar-refractivity contribution is 5.85. The summed E-state index contributed by atoms with van der Waals surface area (Å²) in [6, 6.07) is 3.12. The molecule has 0 radical (unpaired) electrons. The number of nitrogens with two attached hydrogens (primary N) is 1. The summed E-state index contributed by atoms with van der Waals surface area (Å²) < 4.78 is 54.2. The molecule has 1 rings (SSSR count). The summed E-state index contributed by atoms with van der Waals surface area (Å²) in [6.07, 6.45) is -5.57. The number of alkyl halides is 3. The number of hydrogen-bond acceptors (Lipinski definition) is 2. The highest BCUT2D eigenvalue weighted by Crippen LogP contribution is 2.31. The van der Waals surface area contributed by atoms with Gasteiger partial charge in [-0.15, -0.1) is 12.4 Å². The maximum Gasteiger partial charge on any atom is 0.389 e. The number of para-hydroxylation sites is 1. The quantitative estimate of drug-likeness (QED) is 0.859. The molecule has 0 spiro atoms. The van der Waals surface area contributed by atoms with Gasteiger partial charge < -0.3 is 10.5 Å². The van der Waals surface area contributed by atoms with E-state index in [1.165, 1.54) is 25.3 Å². The van der Waals surface area contributed by atoms with E-state index in [2.05, 4.69) is 0 Å². The summed E-state index contributed by atoms with van der Waals surface area (Å²) in [5, 5.41) is 0. The Morgan fingerprint density at radius 1 is 1.33 bits per heavy atom. The summed E-state index contributed by atoms with van der Waals surface area (Å²) in [5.41, 5.74) is 5.85. The molecule has 1 aromatic carbocycles. The highest BCUT2D eigenvalue weighted by atomic mass is 35.5. The first-order valence-electron chi connectivity index (χ1n) is 5.00. The summed E-state index contributed by atoms with van der Waals surface area (Å²) >= 11 is 0. The Morgan fingerprint density at radius 2 is 1.94 bits per heavy atom. The Labute approximate surface area is 109 Å². The standard InChI is InChI=1S/C11H13F4NO.ClH/c1-17-10-7(3-2-4-8(10)12)9(16)5-6-11(13,14)15;/h2-4,9H,5-6,16H2,1H3;1H/t9-;/m0./s1. The Hall–Kier alpha value is -1.01. The Bertz CT molecular complexity index is 384. The lowest BCUT2D eigenvalue weighted by molar-refractivity contribution is -0.136. The molecule has 0 aliphatic carbocycles. The van der Waals surface area contributed by atoms with Gasteiger partial charge in [0.15, 0.2) is 11.6 Å². The van der Waals surface area contributed by atoms with Crippen LogP contribution < -0.4 is 10.5 Å². The molecule has 2 N–H and O–H groups in total. The van der Waals surface area contributed by atoms with Crippen molar-refractivity contribution in [2.75, 3.05) is 7.11 Å². The molecule has 0 saturated carbocycles. The summed E-state index contributed by atoms with van der Waals surface area (Å²) in [7, 11) is 1.25. The van der Waals surface area contributed by atoms with Gasteiger partial charge in [0.25, 0.3) is 0 Å². The van der Waals surface area contributed by atoms with Crippen LogP contribution >= 0.6 is 12.4 Å². The summed E-state index contributed by atoms with van der Waals surface area (Å²) in [4.78, 5) is 0. The van der Waals surface area contributed by atoms with Crippen molar-refractivity contribution in [2.24, 2.45) is 5.73 Å². The first kappa shape index (κ1) is 17.0. The average molecular weight is 288 g/mol. The van der Waals surface area contributed by atoms with E-state index in [0.717, 1.165) is 0 Å². The van der Waals surface area contributed by atoms with E-state index in [9.17, 15) is 17.6 Å². The van der Waals surface area contributed by atoms with Crippen LogP contribution in [0.1, 0.15) is 24.4 Å². The molecular formula is C11H14ClF4NO. The Kier molecular flexibility index (Phi) is 6.42. The SMILES string of the molecule is COc1c(F)cccc1[C@@H](N)CCC(F)(F)F.Cl. The van der Waals surface area contributed by atoms with Crippen LogP contribution in [0, 0.1) is 5.82 Å². The fourth-order valence-corrected chi connectivity index (χ4v) is 1.51. The molecule has 0 amide bonds. The molecule has 1 aromatic rings. The van der Waals surface area contributed by atoms with Gasteiger partial charge in [0, 0.05) is 18.0 Å². The number of benzene rings is 1. The van der Waals surface area contributed by atoms with Crippen LogP contribution in [0.15, 0.2) is 18.2 Å². The number of methoxy groups -OCH3 is 1. The van der Waals surface area contributed by atoms with Gasteiger partial charge in [0.05, 0.1) is 7.11 Å². The van der Waals surface area contributed by atoms with E-state index in [1.807, 2.05) is 0 Å². The first-order valence-corrected chi connectivity index (χ1v) is 5.00. The van der Waals surface area contributed by atoms with Gasteiger partial charge in [-0.25, -0.2) is 4.39 Å². The molecule has 1 atom stereocenters. The van der Waals surface area contributed by atoms with Gasteiger partial charge in [0.2, 0.25) is 0 Å². The van der Waals surface area contributed by atoms with Crippen LogP contribution in [0.4, 0.5) is 17.6 Å². The third-order valence-electron chi connectivity index (χ3n) is 2.34. The second kappa shape index (κ2) is 6.80. The maximum atomic E-state index is 13.3. The first-order chi connectivity index (χ1) is 7.85. The molecule has 18 heavy (non-hydrogen) atoms. The zero-order chi connectivity index (χ0) is 13.1. The lowest BCUT2D eigenvalue weighted by Crippen LogP contribution is -2.16. The molecule has 0 aliphatic rings. The van der Waals surface area contributed by atoms with Crippen LogP contribution in [0.3, 0.4) is 0 Å². The van der Waals surface area contributed by atoms with E-state index in [-0.39, 0.29) is 30.1 Å². The number of rotatable bonds is 4.